The lowest BCUT2D eigenvalue weighted by Gasteiger charge is -2.21. The zero-order valence-electron chi connectivity index (χ0n) is 8.67. The third-order valence-corrected chi connectivity index (χ3v) is 2.59. The van der Waals surface area contributed by atoms with Gasteiger partial charge in [-0.15, -0.1) is 0 Å². The maximum Gasteiger partial charge on any atom is 0.0745 e. The quantitative estimate of drug-likeness (QED) is 0.765. The van der Waals surface area contributed by atoms with Crippen LogP contribution >= 0.6 is 0 Å². The fourth-order valence-electron chi connectivity index (χ4n) is 1.76. The molecule has 1 N–H and O–H groups in total. The van der Waals surface area contributed by atoms with E-state index in [9.17, 15) is 5.11 Å². The molecule has 0 aliphatic heterocycles. The predicted octanol–water partition coefficient (Wildman–Crippen LogP) is 2.28. The van der Waals surface area contributed by atoms with E-state index in [1.165, 1.54) is 5.56 Å². The molecular formula is C13H16O2. The Bertz CT molecular complexity index is 319. The van der Waals surface area contributed by atoms with E-state index in [1.807, 2.05) is 30.4 Å². The van der Waals surface area contributed by atoms with Crippen LogP contribution in [0.15, 0.2) is 42.5 Å². The van der Waals surface area contributed by atoms with Crippen molar-refractivity contribution in [2.24, 2.45) is 0 Å². The molecule has 0 saturated carbocycles. The fraction of sp³-hybridized carbons (Fsp3) is 0.385. The molecule has 1 aliphatic carbocycles. The molecule has 2 atom stereocenters. The van der Waals surface area contributed by atoms with Gasteiger partial charge in [-0.1, -0.05) is 42.5 Å². The molecule has 15 heavy (non-hydrogen) atoms. The van der Waals surface area contributed by atoms with E-state index in [1.54, 1.807) is 0 Å². The third-order valence-electron chi connectivity index (χ3n) is 2.59. The standard InChI is InChI=1S/C13H16O2/c14-12-7-4-8-13(9-12)15-10-11-5-2-1-3-6-11/h1-7,12-14H,8-10H2/t12-,13+/m1/s1. The maximum atomic E-state index is 9.41. The van der Waals surface area contributed by atoms with Gasteiger partial charge in [0.2, 0.25) is 0 Å². The largest absolute Gasteiger partial charge is 0.389 e. The molecule has 1 aromatic rings. The summed E-state index contributed by atoms with van der Waals surface area (Å²) in [6.07, 6.45) is 5.27. The molecule has 0 amide bonds. The van der Waals surface area contributed by atoms with Crippen molar-refractivity contribution in [1.29, 1.82) is 0 Å². The fourth-order valence-corrected chi connectivity index (χ4v) is 1.76. The van der Waals surface area contributed by atoms with Gasteiger partial charge in [0, 0.05) is 6.42 Å². The van der Waals surface area contributed by atoms with E-state index in [0.717, 1.165) is 6.42 Å². The molecule has 0 radical (unpaired) electrons. The number of hydrogen-bond donors (Lipinski definition) is 1. The first kappa shape index (κ1) is 10.4. The van der Waals surface area contributed by atoms with E-state index in [2.05, 4.69) is 12.1 Å². The van der Waals surface area contributed by atoms with Crippen molar-refractivity contribution in [2.45, 2.75) is 31.7 Å². The highest BCUT2D eigenvalue weighted by atomic mass is 16.5. The number of rotatable bonds is 3. The summed E-state index contributed by atoms with van der Waals surface area (Å²) in [5, 5.41) is 9.41. The van der Waals surface area contributed by atoms with E-state index < -0.39 is 0 Å². The number of aliphatic hydroxyl groups is 1. The monoisotopic (exact) mass is 204 g/mol. The van der Waals surface area contributed by atoms with Gasteiger partial charge in [-0.3, -0.25) is 0 Å². The average Bonchev–Trinajstić information content (AvgIpc) is 2.28. The van der Waals surface area contributed by atoms with Crippen LogP contribution in [-0.2, 0) is 11.3 Å². The van der Waals surface area contributed by atoms with Crippen LogP contribution in [0.4, 0.5) is 0 Å². The summed E-state index contributed by atoms with van der Waals surface area (Å²) in [7, 11) is 0. The SMILES string of the molecule is O[C@@H]1C=CC[C@H](OCc2ccccc2)C1. The summed E-state index contributed by atoms with van der Waals surface area (Å²) in [6.45, 7) is 0.631. The van der Waals surface area contributed by atoms with Crippen LogP contribution in [-0.4, -0.2) is 17.3 Å². The van der Waals surface area contributed by atoms with Crippen LogP contribution < -0.4 is 0 Å². The van der Waals surface area contributed by atoms with Gasteiger partial charge in [-0.05, 0) is 12.0 Å². The molecular weight excluding hydrogens is 188 g/mol. The summed E-state index contributed by atoms with van der Waals surface area (Å²) in [5.74, 6) is 0. The highest BCUT2D eigenvalue weighted by Gasteiger charge is 2.15. The molecule has 0 aromatic heterocycles. The van der Waals surface area contributed by atoms with E-state index in [0.29, 0.717) is 13.0 Å². The third kappa shape index (κ3) is 3.18. The van der Waals surface area contributed by atoms with Crippen LogP contribution in [0.1, 0.15) is 18.4 Å². The molecule has 1 aliphatic rings. The van der Waals surface area contributed by atoms with Gasteiger partial charge in [0.1, 0.15) is 0 Å². The second kappa shape index (κ2) is 5.10. The van der Waals surface area contributed by atoms with Gasteiger partial charge in [0.15, 0.2) is 0 Å². The number of ether oxygens (including phenoxy) is 1. The first-order chi connectivity index (χ1) is 7.34. The average molecular weight is 204 g/mol. The summed E-state index contributed by atoms with van der Waals surface area (Å²) in [4.78, 5) is 0. The zero-order valence-corrected chi connectivity index (χ0v) is 8.67. The van der Waals surface area contributed by atoms with Crippen molar-refractivity contribution in [2.75, 3.05) is 0 Å². The molecule has 1 aromatic carbocycles. The molecule has 80 valence electrons. The van der Waals surface area contributed by atoms with Gasteiger partial charge in [-0.25, -0.2) is 0 Å². The number of hydrogen-bond acceptors (Lipinski definition) is 2. The topological polar surface area (TPSA) is 29.5 Å². The first-order valence-corrected chi connectivity index (χ1v) is 5.35. The highest BCUT2D eigenvalue weighted by Crippen LogP contribution is 2.16. The number of aliphatic hydroxyl groups excluding tert-OH is 1. The lowest BCUT2D eigenvalue weighted by molar-refractivity contribution is 0.0100. The Morgan fingerprint density at radius 1 is 1.27 bits per heavy atom. The van der Waals surface area contributed by atoms with Gasteiger partial charge in [0.25, 0.3) is 0 Å². The Labute approximate surface area is 90.2 Å². The molecule has 2 rings (SSSR count). The number of benzene rings is 1. The summed E-state index contributed by atoms with van der Waals surface area (Å²) in [5.41, 5.74) is 1.18. The van der Waals surface area contributed by atoms with Crippen molar-refractivity contribution in [3.63, 3.8) is 0 Å². The Morgan fingerprint density at radius 3 is 2.80 bits per heavy atom. The normalized spacial score (nSPS) is 25.4. The molecule has 2 nitrogen and oxygen atoms in total. The first-order valence-electron chi connectivity index (χ1n) is 5.35. The highest BCUT2D eigenvalue weighted by molar-refractivity contribution is 5.13. The molecule has 0 heterocycles. The minimum atomic E-state index is -0.334. The Hall–Kier alpha value is -1.12. The molecule has 0 fully saturated rings. The van der Waals surface area contributed by atoms with Gasteiger partial charge < -0.3 is 9.84 Å². The van der Waals surface area contributed by atoms with Crippen molar-refractivity contribution < 1.29 is 9.84 Å². The molecule has 0 spiro atoms. The lowest BCUT2D eigenvalue weighted by atomic mass is 10.0. The van der Waals surface area contributed by atoms with Crippen LogP contribution in [0.25, 0.3) is 0 Å². The minimum Gasteiger partial charge on any atom is -0.389 e. The zero-order chi connectivity index (χ0) is 10.5. The Morgan fingerprint density at radius 2 is 2.07 bits per heavy atom. The lowest BCUT2D eigenvalue weighted by Crippen LogP contribution is -2.22. The van der Waals surface area contributed by atoms with Crippen molar-refractivity contribution in [3.05, 3.63) is 48.0 Å². The van der Waals surface area contributed by atoms with Crippen molar-refractivity contribution in [1.82, 2.24) is 0 Å². The second-order valence-corrected chi connectivity index (χ2v) is 3.89. The summed E-state index contributed by atoms with van der Waals surface area (Å²) in [6, 6.07) is 10.1. The van der Waals surface area contributed by atoms with Crippen molar-refractivity contribution >= 4 is 0 Å². The van der Waals surface area contributed by atoms with E-state index in [4.69, 9.17) is 4.74 Å². The van der Waals surface area contributed by atoms with E-state index in [-0.39, 0.29) is 12.2 Å². The summed E-state index contributed by atoms with van der Waals surface area (Å²) < 4.78 is 5.73. The smallest absolute Gasteiger partial charge is 0.0745 e. The van der Waals surface area contributed by atoms with Crippen LogP contribution in [0.2, 0.25) is 0 Å². The van der Waals surface area contributed by atoms with Crippen LogP contribution in [0, 0.1) is 0 Å². The van der Waals surface area contributed by atoms with Gasteiger partial charge in [0.05, 0.1) is 18.8 Å². The van der Waals surface area contributed by atoms with Crippen molar-refractivity contribution in [3.8, 4) is 0 Å². The Balaban J connectivity index is 1.81. The second-order valence-electron chi connectivity index (χ2n) is 3.89. The molecule has 0 unspecified atom stereocenters. The van der Waals surface area contributed by atoms with Gasteiger partial charge >= 0.3 is 0 Å². The van der Waals surface area contributed by atoms with Crippen LogP contribution in [0.3, 0.4) is 0 Å². The summed E-state index contributed by atoms with van der Waals surface area (Å²) >= 11 is 0. The Kier molecular flexibility index (Phi) is 3.54. The predicted molar refractivity (Wildman–Crippen MR) is 59.4 cm³/mol. The maximum absolute atomic E-state index is 9.41. The van der Waals surface area contributed by atoms with E-state index >= 15 is 0 Å². The minimum absolute atomic E-state index is 0.158. The van der Waals surface area contributed by atoms with Gasteiger partial charge in [-0.2, -0.15) is 0 Å². The molecule has 0 saturated heterocycles. The molecule has 0 bridgehead atoms. The van der Waals surface area contributed by atoms with Crippen LogP contribution in [0.5, 0.6) is 0 Å². The molecule has 2 heteroatoms.